The quantitative estimate of drug-likeness (QED) is 0.733. The van der Waals surface area contributed by atoms with Gasteiger partial charge in [0, 0.05) is 17.1 Å². The molecule has 0 saturated carbocycles. The molecule has 0 aromatic heterocycles. The molecule has 3 heteroatoms. The molecule has 1 atom stereocenters. The van der Waals surface area contributed by atoms with Gasteiger partial charge in [-0.15, -0.1) is 0 Å². The second-order valence-corrected chi connectivity index (χ2v) is 4.00. The van der Waals surface area contributed by atoms with E-state index in [1.807, 2.05) is 18.2 Å². The summed E-state index contributed by atoms with van der Waals surface area (Å²) in [6.07, 6.45) is 1.78. The number of hydrogen-bond acceptors (Lipinski definition) is 2. The third kappa shape index (κ3) is 4.20. The fourth-order valence-electron chi connectivity index (χ4n) is 1.40. The molecule has 0 heterocycles. The molecule has 2 nitrogen and oxygen atoms in total. The second kappa shape index (κ2) is 6.83. The van der Waals surface area contributed by atoms with Crippen LogP contribution in [0.1, 0.15) is 31.4 Å². The second-order valence-electron chi connectivity index (χ2n) is 3.59. The van der Waals surface area contributed by atoms with Gasteiger partial charge < -0.3 is 10.4 Å². The Bertz CT molecular complexity index is 291. The van der Waals surface area contributed by atoms with Crippen LogP contribution in [0.4, 0.5) is 0 Å². The number of aliphatic hydroxyl groups is 1. The Kier molecular flexibility index (Phi) is 5.69. The summed E-state index contributed by atoms with van der Waals surface area (Å²) in [5.74, 6) is 0. The third-order valence-electron chi connectivity index (χ3n) is 2.31. The van der Waals surface area contributed by atoms with Gasteiger partial charge in [0.15, 0.2) is 0 Å². The van der Waals surface area contributed by atoms with Crippen LogP contribution in [-0.4, -0.2) is 18.2 Å². The Balaban J connectivity index is 2.40. The summed E-state index contributed by atoms with van der Waals surface area (Å²) in [5, 5.41) is 13.7. The van der Waals surface area contributed by atoms with Crippen LogP contribution in [-0.2, 0) is 0 Å². The zero-order valence-electron chi connectivity index (χ0n) is 9.04. The molecule has 0 aliphatic heterocycles. The Morgan fingerprint density at radius 2 is 2.13 bits per heavy atom. The van der Waals surface area contributed by atoms with Crippen molar-refractivity contribution in [3.8, 4) is 0 Å². The number of halogens is 1. The molecule has 1 aromatic rings. The Morgan fingerprint density at radius 3 is 2.80 bits per heavy atom. The lowest BCUT2D eigenvalue weighted by atomic mass is 10.1. The number of hydrogen-bond donors (Lipinski definition) is 2. The number of rotatable bonds is 6. The third-order valence-corrected chi connectivity index (χ3v) is 2.65. The summed E-state index contributed by atoms with van der Waals surface area (Å²) < 4.78 is 0. The molecule has 0 aliphatic rings. The average molecular weight is 228 g/mol. The zero-order valence-corrected chi connectivity index (χ0v) is 9.80. The van der Waals surface area contributed by atoms with Crippen molar-refractivity contribution in [1.29, 1.82) is 0 Å². The van der Waals surface area contributed by atoms with Gasteiger partial charge in [0.1, 0.15) is 0 Å². The molecule has 1 unspecified atom stereocenters. The summed E-state index contributed by atoms with van der Waals surface area (Å²) >= 11 is 5.97. The van der Waals surface area contributed by atoms with Crippen LogP contribution in [0.25, 0.3) is 0 Å². The van der Waals surface area contributed by atoms with Gasteiger partial charge in [0.2, 0.25) is 0 Å². The van der Waals surface area contributed by atoms with Crippen molar-refractivity contribution in [2.75, 3.05) is 13.1 Å². The minimum absolute atomic E-state index is 0.518. The van der Waals surface area contributed by atoms with Crippen LogP contribution < -0.4 is 5.32 Å². The standard InChI is InChI=1S/C12H18ClNO/c1-2-3-8-14-9-12(15)10-6-4-5-7-11(10)13/h4-7,12,14-15H,2-3,8-9H2,1H3. The van der Waals surface area contributed by atoms with Gasteiger partial charge in [0.25, 0.3) is 0 Å². The predicted octanol–water partition coefficient (Wildman–Crippen LogP) is 2.76. The van der Waals surface area contributed by atoms with Crippen LogP contribution in [0.5, 0.6) is 0 Å². The maximum Gasteiger partial charge on any atom is 0.0928 e. The summed E-state index contributed by atoms with van der Waals surface area (Å²) in [6, 6.07) is 7.40. The number of nitrogens with one attached hydrogen (secondary N) is 1. The van der Waals surface area contributed by atoms with Crippen molar-refractivity contribution in [2.45, 2.75) is 25.9 Å². The van der Waals surface area contributed by atoms with E-state index >= 15 is 0 Å². The lowest BCUT2D eigenvalue weighted by Crippen LogP contribution is -2.22. The molecular weight excluding hydrogens is 210 g/mol. The van der Waals surface area contributed by atoms with Gasteiger partial charge in [-0.05, 0) is 19.0 Å². The van der Waals surface area contributed by atoms with Gasteiger partial charge in [-0.3, -0.25) is 0 Å². The van der Waals surface area contributed by atoms with Crippen molar-refractivity contribution in [1.82, 2.24) is 5.32 Å². The average Bonchev–Trinajstić information content (AvgIpc) is 2.25. The van der Waals surface area contributed by atoms with Crippen LogP contribution in [0.3, 0.4) is 0 Å². The van der Waals surface area contributed by atoms with Crippen molar-refractivity contribution >= 4 is 11.6 Å². The summed E-state index contributed by atoms with van der Waals surface area (Å²) in [4.78, 5) is 0. The minimum atomic E-state index is -0.518. The molecular formula is C12H18ClNO. The largest absolute Gasteiger partial charge is 0.387 e. The molecule has 0 spiro atoms. The minimum Gasteiger partial charge on any atom is -0.387 e. The molecule has 0 aliphatic carbocycles. The predicted molar refractivity (Wildman–Crippen MR) is 64.2 cm³/mol. The zero-order chi connectivity index (χ0) is 11.1. The molecule has 0 fully saturated rings. The molecule has 2 N–H and O–H groups in total. The Hall–Kier alpha value is -0.570. The molecule has 0 saturated heterocycles. The molecule has 0 amide bonds. The maximum absolute atomic E-state index is 9.85. The van der Waals surface area contributed by atoms with Gasteiger partial charge in [0.05, 0.1) is 6.10 Å². The highest BCUT2D eigenvalue weighted by atomic mass is 35.5. The molecule has 1 aromatic carbocycles. The number of benzene rings is 1. The lowest BCUT2D eigenvalue weighted by Gasteiger charge is -2.13. The van der Waals surface area contributed by atoms with Gasteiger partial charge in [-0.1, -0.05) is 43.1 Å². The van der Waals surface area contributed by atoms with Crippen LogP contribution in [0, 0.1) is 0 Å². The highest BCUT2D eigenvalue weighted by Gasteiger charge is 2.09. The summed E-state index contributed by atoms with van der Waals surface area (Å²) in [6.45, 7) is 3.65. The van der Waals surface area contributed by atoms with E-state index in [1.54, 1.807) is 6.07 Å². The van der Waals surface area contributed by atoms with Crippen LogP contribution in [0.2, 0.25) is 5.02 Å². The van der Waals surface area contributed by atoms with Crippen molar-refractivity contribution in [2.24, 2.45) is 0 Å². The highest BCUT2D eigenvalue weighted by molar-refractivity contribution is 6.31. The van der Waals surface area contributed by atoms with Gasteiger partial charge in [-0.2, -0.15) is 0 Å². The Morgan fingerprint density at radius 1 is 1.40 bits per heavy atom. The number of unbranched alkanes of at least 4 members (excludes halogenated alkanes) is 1. The monoisotopic (exact) mass is 227 g/mol. The first kappa shape index (κ1) is 12.5. The van der Waals surface area contributed by atoms with E-state index in [2.05, 4.69) is 12.2 Å². The molecule has 1 rings (SSSR count). The molecule has 15 heavy (non-hydrogen) atoms. The van der Waals surface area contributed by atoms with Gasteiger partial charge >= 0.3 is 0 Å². The molecule has 84 valence electrons. The first-order valence-corrected chi connectivity index (χ1v) is 5.76. The maximum atomic E-state index is 9.85. The van der Waals surface area contributed by atoms with Crippen molar-refractivity contribution in [3.05, 3.63) is 34.9 Å². The summed E-state index contributed by atoms with van der Waals surface area (Å²) in [7, 11) is 0. The molecule has 0 radical (unpaired) electrons. The van der Waals surface area contributed by atoms with E-state index in [0.29, 0.717) is 11.6 Å². The van der Waals surface area contributed by atoms with E-state index in [0.717, 1.165) is 24.9 Å². The highest BCUT2D eigenvalue weighted by Crippen LogP contribution is 2.21. The van der Waals surface area contributed by atoms with E-state index < -0.39 is 6.10 Å². The van der Waals surface area contributed by atoms with E-state index in [9.17, 15) is 5.11 Å². The van der Waals surface area contributed by atoms with E-state index in [-0.39, 0.29) is 0 Å². The first-order valence-electron chi connectivity index (χ1n) is 5.39. The van der Waals surface area contributed by atoms with Crippen molar-refractivity contribution < 1.29 is 5.11 Å². The lowest BCUT2D eigenvalue weighted by molar-refractivity contribution is 0.175. The van der Waals surface area contributed by atoms with Crippen molar-refractivity contribution in [3.63, 3.8) is 0 Å². The molecule has 0 bridgehead atoms. The number of aliphatic hydroxyl groups excluding tert-OH is 1. The SMILES string of the molecule is CCCCNCC(O)c1ccccc1Cl. The normalized spacial score (nSPS) is 12.7. The Labute approximate surface area is 96.3 Å². The van der Waals surface area contributed by atoms with E-state index in [4.69, 9.17) is 11.6 Å². The first-order chi connectivity index (χ1) is 7.25. The smallest absolute Gasteiger partial charge is 0.0928 e. The topological polar surface area (TPSA) is 32.3 Å². The fourth-order valence-corrected chi connectivity index (χ4v) is 1.66. The van der Waals surface area contributed by atoms with E-state index in [1.165, 1.54) is 0 Å². The van der Waals surface area contributed by atoms with Gasteiger partial charge in [-0.25, -0.2) is 0 Å². The van der Waals surface area contributed by atoms with Crippen LogP contribution in [0.15, 0.2) is 24.3 Å². The fraction of sp³-hybridized carbons (Fsp3) is 0.500. The summed E-state index contributed by atoms with van der Waals surface area (Å²) in [5.41, 5.74) is 0.795. The van der Waals surface area contributed by atoms with Crippen LogP contribution >= 0.6 is 11.6 Å².